The highest BCUT2D eigenvalue weighted by atomic mass is 14.7. The van der Waals surface area contributed by atoms with E-state index >= 15 is 0 Å². The summed E-state index contributed by atoms with van der Waals surface area (Å²) in [6.45, 7) is 15.9. The van der Waals surface area contributed by atoms with Crippen LogP contribution in [0.5, 0.6) is 0 Å². The van der Waals surface area contributed by atoms with Crippen molar-refractivity contribution in [1.29, 1.82) is 0 Å². The minimum absolute atomic E-state index is 0.0590. The molecule has 2 N–H and O–H groups in total. The van der Waals surface area contributed by atoms with Gasteiger partial charge in [0, 0.05) is 19.3 Å². The van der Waals surface area contributed by atoms with E-state index in [1.807, 2.05) is 7.05 Å². The van der Waals surface area contributed by atoms with Crippen LogP contribution in [-0.2, 0) is 0 Å². The number of allylic oxidation sites excluding steroid dienone is 3. The fraction of sp³-hybridized carbons (Fsp3) is 0.722. The first-order chi connectivity index (χ1) is 9.32. The van der Waals surface area contributed by atoms with Gasteiger partial charge < -0.3 is 5.73 Å². The molecule has 0 aliphatic carbocycles. The molecule has 0 aliphatic rings. The fourth-order valence-electron chi connectivity index (χ4n) is 2.44. The Kier molecular flexibility index (Phi) is 8.71. The molecule has 20 heavy (non-hydrogen) atoms. The predicted octanol–water partition coefficient (Wildman–Crippen LogP) is 4.76. The molecule has 0 saturated heterocycles. The van der Waals surface area contributed by atoms with Crippen molar-refractivity contribution in [3.05, 3.63) is 23.8 Å². The molecule has 0 amide bonds. The van der Waals surface area contributed by atoms with Crippen molar-refractivity contribution in [2.24, 2.45) is 22.1 Å². The summed E-state index contributed by atoms with van der Waals surface area (Å²) in [6, 6.07) is 0. The van der Waals surface area contributed by atoms with E-state index in [0.29, 0.717) is 6.54 Å². The van der Waals surface area contributed by atoms with E-state index in [1.165, 1.54) is 24.0 Å². The Labute approximate surface area is 126 Å². The quantitative estimate of drug-likeness (QED) is 0.479. The van der Waals surface area contributed by atoms with E-state index < -0.39 is 0 Å². The van der Waals surface area contributed by atoms with Crippen molar-refractivity contribution in [2.45, 2.75) is 60.3 Å². The molecule has 116 valence electrons. The van der Waals surface area contributed by atoms with Crippen LogP contribution in [0.15, 0.2) is 28.8 Å². The van der Waals surface area contributed by atoms with Crippen LogP contribution in [0.3, 0.4) is 0 Å². The largest absolute Gasteiger partial charge is 0.326 e. The predicted molar refractivity (Wildman–Crippen MR) is 92.4 cm³/mol. The molecule has 2 atom stereocenters. The van der Waals surface area contributed by atoms with Crippen LogP contribution in [0.1, 0.15) is 60.3 Å². The third-order valence-corrected chi connectivity index (χ3v) is 4.51. The number of nitrogens with two attached hydrogens (primary N) is 1. The zero-order valence-electron chi connectivity index (χ0n) is 14.4. The zero-order chi connectivity index (χ0) is 15.8. The van der Waals surface area contributed by atoms with Gasteiger partial charge >= 0.3 is 0 Å². The zero-order valence-corrected chi connectivity index (χ0v) is 14.4. The lowest BCUT2D eigenvalue weighted by Gasteiger charge is -2.32. The second-order valence-corrected chi connectivity index (χ2v) is 6.35. The highest BCUT2D eigenvalue weighted by Gasteiger charge is 2.28. The van der Waals surface area contributed by atoms with Crippen molar-refractivity contribution in [1.82, 2.24) is 0 Å². The second-order valence-electron chi connectivity index (χ2n) is 6.35. The van der Waals surface area contributed by atoms with E-state index in [1.54, 1.807) is 0 Å². The summed E-state index contributed by atoms with van der Waals surface area (Å²) in [5.74, 6) is 0.740. The molecule has 2 heteroatoms. The maximum Gasteiger partial charge on any atom is 0.0310 e. The Hall–Kier alpha value is -0.890. The molecule has 0 aromatic carbocycles. The molecular formula is C18H34N2. The van der Waals surface area contributed by atoms with Crippen LogP contribution in [-0.4, -0.2) is 19.3 Å². The van der Waals surface area contributed by atoms with Crippen molar-refractivity contribution in [3.8, 4) is 0 Å². The summed E-state index contributed by atoms with van der Waals surface area (Å²) in [5, 5.41) is 0. The van der Waals surface area contributed by atoms with Gasteiger partial charge in [0.2, 0.25) is 0 Å². The van der Waals surface area contributed by atoms with Gasteiger partial charge in [-0.05, 0) is 44.4 Å². The molecule has 0 saturated carbocycles. The number of hydrogen-bond donors (Lipinski definition) is 1. The molecule has 1 unspecified atom stereocenters. The molecular weight excluding hydrogens is 244 g/mol. The number of rotatable bonds is 9. The summed E-state index contributed by atoms with van der Waals surface area (Å²) in [4.78, 5) is 4.32. The first kappa shape index (κ1) is 19.1. The second kappa shape index (κ2) is 9.12. The normalized spacial score (nSPS) is 17.8. The first-order valence-corrected chi connectivity index (χ1v) is 7.77. The Bertz CT molecular complexity index is 366. The third-order valence-electron chi connectivity index (χ3n) is 4.51. The van der Waals surface area contributed by atoms with E-state index in [9.17, 15) is 0 Å². The van der Waals surface area contributed by atoms with Gasteiger partial charge in [0.15, 0.2) is 0 Å². The average Bonchev–Trinajstić information content (AvgIpc) is 2.43. The van der Waals surface area contributed by atoms with Crippen LogP contribution in [0.4, 0.5) is 0 Å². The highest BCUT2D eigenvalue weighted by Crippen LogP contribution is 2.38. The molecule has 0 radical (unpaired) electrons. The molecule has 0 fully saturated rings. The maximum absolute atomic E-state index is 5.78. The van der Waals surface area contributed by atoms with Crippen molar-refractivity contribution < 1.29 is 0 Å². The van der Waals surface area contributed by atoms with Crippen LogP contribution in [0.25, 0.3) is 0 Å². The smallest absolute Gasteiger partial charge is 0.0310 e. The summed E-state index contributed by atoms with van der Waals surface area (Å²) >= 11 is 0. The Morgan fingerprint density at radius 1 is 1.40 bits per heavy atom. The fourth-order valence-corrected chi connectivity index (χ4v) is 2.44. The summed E-state index contributed by atoms with van der Waals surface area (Å²) in [5.41, 5.74) is 9.66. The van der Waals surface area contributed by atoms with Crippen molar-refractivity contribution in [3.63, 3.8) is 0 Å². The number of hydrogen-bond acceptors (Lipinski definition) is 2. The van der Waals surface area contributed by atoms with Gasteiger partial charge in [0.1, 0.15) is 0 Å². The van der Waals surface area contributed by atoms with Crippen LogP contribution in [0, 0.1) is 11.3 Å². The maximum atomic E-state index is 5.78. The van der Waals surface area contributed by atoms with E-state index in [-0.39, 0.29) is 5.41 Å². The topological polar surface area (TPSA) is 38.4 Å². The third kappa shape index (κ3) is 6.04. The van der Waals surface area contributed by atoms with Gasteiger partial charge in [-0.1, -0.05) is 51.0 Å². The Morgan fingerprint density at radius 2 is 2.00 bits per heavy atom. The van der Waals surface area contributed by atoms with E-state index in [0.717, 1.165) is 24.5 Å². The van der Waals surface area contributed by atoms with Gasteiger partial charge in [0.05, 0.1) is 0 Å². The molecule has 0 rings (SSSR count). The Balaban J connectivity index is 5.04. The van der Waals surface area contributed by atoms with Gasteiger partial charge in [-0.25, -0.2) is 0 Å². The molecule has 0 aromatic rings. The average molecular weight is 278 g/mol. The molecule has 2 nitrogen and oxygen atoms in total. The van der Waals surface area contributed by atoms with Gasteiger partial charge in [-0.2, -0.15) is 0 Å². The molecule has 0 aromatic heterocycles. The molecule has 0 spiro atoms. The lowest BCUT2D eigenvalue weighted by molar-refractivity contribution is 0.394. The lowest BCUT2D eigenvalue weighted by atomic mass is 9.73. The standard InChI is InChI=1S/C18H34N2/c1-8-15(5)10-16(9-2)11-18(6,14(3)4)12-17(13-19)20-7/h9,15H,3,8,10-13,19H2,1-2,4-7H3/b16-9+,20-17?/t15-,18?/m0/s1. The number of nitrogens with zero attached hydrogens (tertiary/aromatic N) is 1. The summed E-state index contributed by atoms with van der Waals surface area (Å²) < 4.78 is 0. The van der Waals surface area contributed by atoms with Crippen molar-refractivity contribution in [2.75, 3.05) is 13.6 Å². The van der Waals surface area contributed by atoms with Gasteiger partial charge in [0.25, 0.3) is 0 Å². The summed E-state index contributed by atoms with van der Waals surface area (Å²) in [7, 11) is 1.83. The Morgan fingerprint density at radius 3 is 2.35 bits per heavy atom. The SMILES string of the molecule is C=C(C)C(C)(CC(CN)=NC)C/C(=C/C)C[C@@H](C)CC. The van der Waals surface area contributed by atoms with Crippen LogP contribution in [0.2, 0.25) is 0 Å². The molecule has 0 heterocycles. The van der Waals surface area contributed by atoms with Crippen molar-refractivity contribution >= 4 is 5.71 Å². The first-order valence-electron chi connectivity index (χ1n) is 7.77. The van der Waals surface area contributed by atoms with Gasteiger partial charge in [-0.3, -0.25) is 4.99 Å². The van der Waals surface area contributed by atoms with E-state index in [4.69, 9.17) is 5.73 Å². The minimum atomic E-state index is 0.0590. The minimum Gasteiger partial charge on any atom is -0.326 e. The highest BCUT2D eigenvalue weighted by molar-refractivity contribution is 5.87. The molecule has 0 bridgehead atoms. The monoisotopic (exact) mass is 278 g/mol. The van der Waals surface area contributed by atoms with Gasteiger partial charge in [-0.15, -0.1) is 0 Å². The number of aliphatic imine (C=N–C) groups is 1. The van der Waals surface area contributed by atoms with Crippen LogP contribution < -0.4 is 5.73 Å². The van der Waals surface area contributed by atoms with Crippen LogP contribution >= 0.6 is 0 Å². The lowest BCUT2D eigenvalue weighted by Crippen LogP contribution is -2.27. The van der Waals surface area contributed by atoms with E-state index in [2.05, 4.69) is 52.3 Å². The summed E-state index contributed by atoms with van der Waals surface area (Å²) in [6.07, 6.45) is 6.65. The molecule has 0 aliphatic heterocycles.